The van der Waals surface area contributed by atoms with Gasteiger partial charge >= 0.3 is 0 Å². The second-order valence-electron chi connectivity index (χ2n) is 3.73. The molecule has 2 rings (SSSR count). The number of nitrogens with one attached hydrogen (secondary N) is 2. The number of aryl methyl sites for hydroxylation is 1. The first-order valence-corrected chi connectivity index (χ1v) is 6.34. The van der Waals surface area contributed by atoms with Crippen molar-refractivity contribution in [3.8, 4) is 0 Å². The Balaban J connectivity index is 2.01. The third-order valence-electron chi connectivity index (χ3n) is 2.39. The zero-order valence-corrected chi connectivity index (χ0v) is 11.0. The first-order valence-electron chi connectivity index (χ1n) is 5.53. The van der Waals surface area contributed by atoms with Crippen LogP contribution in [0.4, 0.5) is 5.13 Å². The van der Waals surface area contributed by atoms with Crippen molar-refractivity contribution in [2.75, 3.05) is 12.4 Å². The van der Waals surface area contributed by atoms with Crippen LogP contribution in [0.3, 0.4) is 0 Å². The minimum absolute atomic E-state index is 0.102. The van der Waals surface area contributed by atoms with Gasteiger partial charge in [-0.2, -0.15) is 0 Å². The van der Waals surface area contributed by atoms with E-state index in [9.17, 15) is 4.79 Å². The molecule has 0 bridgehead atoms. The highest BCUT2D eigenvalue weighted by atomic mass is 32.1. The van der Waals surface area contributed by atoms with Crippen LogP contribution in [0.25, 0.3) is 0 Å². The molecule has 0 radical (unpaired) electrons. The Morgan fingerprint density at radius 3 is 2.94 bits per heavy atom. The average Bonchev–Trinajstić information content (AvgIpc) is 2.78. The second-order valence-corrected chi connectivity index (χ2v) is 4.73. The second kappa shape index (κ2) is 5.59. The minimum Gasteiger partial charge on any atom is -0.365 e. The zero-order valence-electron chi connectivity index (χ0n) is 10.2. The molecular formula is C12H14N4OS. The van der Waals surface area contributed by atoms with E-state index in [1.54, 1.807) is 19.4 Å². The molecule has 2 N–H and O–H groups in total. The van der Waals surface area contributed by atoms with Crippen molar-refractivity contribution in [2.24, 2.45) is 0 Å². The number of carbonyl (C=O) groups is 1. The molecule has 94 valence electrons. The molecule has 18 heavy (non-hydrogen) atoms. The van der Waals surface area contributed by atoms with Gasteiger partial charge in [-0.05, 0) is 18.6 Å². The van der Waals surface area contributed by atoms with Crippen LogP contribution in [-0.4, -0.2) is 22.9 Å². The third kappa shape index (κ3) is 2.84. The van der Waals surface area contributed by atoms with Crippen molar-refractivity contribution >= 4 is 22.4 Å². The topological polar surface area (TPSA) is 66.9 Å². The first kappa shape index (κ1) is 12.5. The summed E-state index contributed by atoms with van der Waals surface area (Å²) in [5.74, 6) is -0.102. The Morgan fingerprint density at radius 1 is 1.50 bits per heavy atom. The number of carbonyl (C=O) groups excluding carboxylic acids is 1. The zero-order chi connectivity index (χ0) is 13.0. The van der Waals surface area contributed by atoms with Crippen molar-refractivity contribution in [3.05, 3.63) is 40.7 Å². The maximum absolute atomic E-state index is 12.0. The van der Waals surface area contributed by atoms with Crippen LogP contribution in [0, 0.1) is 6.92 Å². The van der Waals surface area contributed by atoms with Crippen molar-refractivity contribution in [3.63, 3.8) is 0 Å². The Kier molecular flexibility index (Phi) is 3.88. The van der Waals surface area contributed by atoms with E-state index in [0.717, 1.165) is 16.4 Å². The molecule has 0 atom stereocenters. The lowest BCUT2D eigenvalue weighted by Gasteiger charge is -2.03. The summed E-state index contributed by atoms with van der Waals surface area (Å²) in [6.45, 7) is 2.30. The van der Waals surface area contributed by atoms with E-state index < -0.39 is 0 Å². The molecule has 0 aliphatic heterocycles. The van der Waals surface area contributed by atoms with Crippen molar-refractivity contribution in [1.29, 1.82) is 0 Å². The molecule has 0 aliphatic rings. The van der Waals surface area contributed by atoms with Crippen LogP contribution in [-0.2, 0) is 6.54 Å². The van der Waals surface area contributed by atoms with Gasteiger partial charge in [0.1, 0.15) is 4.88 Å². The van der Waals surface area contributed by atoms with Crippen LogP contribution in [0.2, 0.25) is 0 Å². The van der Waals surface area contributed by atoms with Gasteiger partial charge in [0.2, 0.25) is 0 Å². The molecular weight excluding hydrogens is 248 g/mol. The number of pyridine rings is 1. The molecule has 2 heterocycles. The number of nitrogens with zero attached hydrogens (tertiary/aromatic N) is 2. The lowest BCUT2D eigenvalue weighted by molar-refractivity contribution is 0.0954. The fourth-order valence-corrected chi connectivity index (χ4v) is 2.32. The van der Waals surface area contributed by atoms with E-state index in [0.29, 0.717) is 11.4 Å². The molecule has 1 amide bonds. The van der Waals surface area contributed by atoms with Crippen LogP contribution >= 0.6 is 11.3 Å². The quantitative estimate of drug-likeness (QED) is 0.882. The van der Waals surface area contributed by atoms with Crippen molar-refractivity contribution < 1.29 is 4.79 Å². The van der Waals surface area contributed by atoms with Crippen molar-refractivity contribution in [1.82, 2.24) is 15.3 Å². The highest BCUT2D eigenvalue weighted by molar-refractivity contribution is 7.17. The number of amides is 1. The van der Waals surface area contributed by atoms with Crippen molar-refractivity contribution in [2.45, 2.75) is 13.5 Å². The summed E-state index contributed by atoms with van der Waals surface area (Å²) in [4.78, 5) is 20.9. The van der Waals surface area contributed by atoms with Crippen LogP contribution in [0.5, 0.6) is 0 Å². The van der Waals surface area contributed by atoms with E-state index >= 15 is 0 Å². The molecule has 0 fully saturated rings. The number of hydrogen-bond donors (Lipinski definition) is 2. The molecule has 0 spiro atoms. The van der Waals surface area contributed by atoms with Gasteiger partial charge < -0.3 is 10.6 Å². The summed E-state index contributed by atoms with van der Waals surface area (Å²) in [7, 11) is 1.79. The number of rotatable bonds is 4. The van der Waals surface area contributed by atoms with Gasteiger partial charge in [0.25, 0.3) is 5.91 Å². The molecule has 0 aliphatic carbocycles. The fourth-order valence-electron chi connectivity index (χ4n) is 1.48. The third-order valence-corrected chi connectivity index (χ3v) is 3.57. The maximum atomic E-state index is 12.0. The maximum Gasteiger partial charge on any atom is 0.263 e. The SMILES string of the molecule is CNc1nc(C)c(C(=O)NCc2cccnc2)s1. The van der Waals surface area contributed by atoms with E-state index in [-0.39, 0.29) is 5.91 Å². The molecule has 0 unspecified atom stereocenters. The largest absolute Gasteiger partial charge is 0.365 e. The first-order chi connectivity index (χ1) is 8.70. The van der Waals surface area contributed by atoms with E-state index in [2.05, 4.69) is 20.6 Å². The van der Waals surface area contributed by atoms with Gasteiger partial charge in [-0.1, -0.05) is 17.4 Å². The highest BCUT2D eigenvalue weighted by Crippen LogP contribution is 2.21. The summed E-state index contributed by atoms with van der Waals surface area (Å²) in [5.41, 5.74) is 1.72. The number of hydrogen-bond acceptors (Lipinski definition) is 5. The summed E-state index contributed by atoms with van der Waals surface area (Å²) < 4.78 is 0. The van der Waals surface area contributed by atoms with E-state index in [1.807, 2.05) is 19.1 Å². The summed E-state index contributed by atoms with van der Waals surface area (Å²) in [5, 5.41) is 6.54. The number of aromatic nitrogens is 2. The van der Waals surface area contributed by atoms with E-state index in [1.165, 1.54) is 11.3 Å². The summed E-state index contributed by atoms with van der Waals surface area (Å²) in [6.07, 6.45) is 3.44. The number of thiazole rings is 1. The van der Waals surface area contributed by atoms with Gasteiger partial charge in [-0.25, -0.2) is 4.98 Å². The molecule has 0 saturated carbocycles. The van der Waals surface area contributed by atoms with Crippen LogP contribution in [0.15, 0.2) is 24.5 Å². The molecule has 6 heteroatoms. The normalized spacial score (nSPS) is 10.1. The molecule has 0 aromatic carbocycles. The lowest BCUT2D eigenvalue weighted by atomic mass is 10.3. The molecule has 2 aromatic rings. The summed E-state index contributed by atoms with van der Waals surface area (Å²) in [6, 6.07) is 3.77. The fraction of sp³-hybridized carbons (Fsp3) is 0.250. The minimum atomic E-state index is -0.102. The van der Waals surface area contributed by atoms with Crippen LogP contribution in [0.1, 0.15) is 20.9 Å². The van der Waals surface area contributed by atoms with Crippen LogP contribution < -0.4 is 10.6 Å². The van der Waals surface area contributed by atoms with Gasteiger partial charge in [0.05, 0.1) is 5.69 Å². The molecule has 0 saturated heterocycles. The Bertz CT molecular complexity index is 538. The standard InChI is InChI=1S/C12H14N4OS/c1-8-10(18-12(13-2)16-8)11(17)15-7-9-4-3-5-14-6-9/h3-6H,7H2,1-2H3,(H,13,16)(H,15,17). The Labute approximate surface area is 109 Å². The predicted molar refractivity (Wildman–Crippen MR) is 71.8 cm³/mol. The summed E-state index contributed by atoms with van der Waals surface area (Å²) >= 11 is 1.35. The van der Waals surface area contributed by atoms with Gasteiger partial charge in [-0.3, -0.25) is 9.78 Å². The highest BCUT2D eigenvalue weighted by Gasteiger charge is 2.14. The van der Waals surface area contributed by atoms with Gasteiger partial charge in [0.15, 0.2) is 5.13 Å². The molecule has 5 nitrogen and oxygen atoms in total. The number of anilines is 1. The average molecular weight is 262 g/mol. The monoisotopic (exact) mass is 262 g/mol. The van der Waals surface area contributed by atoms with Gasteiger partial charge in [0, 0.05) is 26.0 Å². The Morgan fingerprint density at radius 2 is 2.33 bits per heavy atom. The Hall–Kier alpha value is -1.95. The smallest absolute Gasteiger partial charge is 0.263 e. The van der Waals surface area contributed by atoms with E-state index in [4.69, 9.17) is 0 Å². The van der Waals surface area contributed by atoms with Gasteiger partial charge in [-0.15, -0.1) is 0 Å². The molecule has 2 aromatic heterocycles. The predicted octanol–water partition coefficient (Wildman–Crippen LogP) is 1.82. The lowest BCUT2D eigenvalue weighted by Crippen LogP contribution is -2.22.